The SMILES string of the molecule is COC(=O)c1ccc(C)c(NC(=O)CCc2ccc(C)c(C)c2)c1. The molecule has 0 saturated carbocycles. The standard InChI is InChI=1S/C20H23NO3/c1-13-5-7-16(11-15(13)3)8-10-19(22)21-18-12-17(20(23)24-4)9-6-14(18)2/h5-7,9,11-12H,8,10H2,1-4H3,(H,21,22). The first-order valence-corrected chi connectivity index (χ1v) is 7.95. The molecular formula is C20H23NO3. The molecule has 4 nitrogen and oxygen atoms in total. The number of aryl methyl sites for hydroxylation is 4. The van der Waals surface area contributed by atoms with E-state index in [2.05, 4.69) is 37.4 Å². The van der Waals surface area contributed by atoms with Gasteiger partial charge in [0.2, 0.25) is 5.91 Å². The smallest absolute Gasteiger partial charge is 0.337 e. The molecule has 1 N–H and O–H groups in total. The van der Waals surface area contributed by atoms with Gasteiger partial charge < -0.3 is 10.1 Å². The van der Waals surface area contributed by atoms with Crippen molar-refractivity contribution >= 4 is 17.6 Å². The first-order valence-electron chi connectivity index (χ1n) is 7.95. The van der Waals surface area contributed by atoms with E-state index in [0.29, 0.717) is 24.1 Å². The minimum atomic E-state index is -0.416. The van der Waals surface area contributed by atoms with Crippen molar-refractivity contribution in [3.63, 3.8) is 0 Å². The number of methoxy groups -OCH3 is 1. The second kappa shape index (κ2) is 7.77. The summed E-state index contributed by atoms with van der Waals surface area (Å²) >= 11 is 0. The maximum absolute atomic E-state index is 12.2. The molecule has 2 aromatic rings. The van der Waals surface area contributed by atoms with E-state index in [1.54, 1.807) is 18.2 Å². The molecule has 0 aliphatic carbocycles. The third-order valence-electron chi connectivity index (χ3n) is 4.14. The lowest BCUT2D eigenvalue weighted by Crippen LogP contribution is -2.14. The highest BCUT2D eigenvalue weighted by molar-refractivity contribution is 5.95. The molecule has 24 heavy (non-hydrogen) atoms. The van der Waals surface area contributed by atoms with E-state index < -0.39 is 5.97 Å². The molecule has 0 atom stereocenters. The second-order valence-corrected chi connectivity index (χ2v) is 5.99. The van der Waals surface area contributed by atoms with Gasteiger partial charge in [-0.2, -0.15) is 0 Å². The van der Waals surface area contributed by atoms with Crippen LogP contribution in [0, 0.1) is 20.8 Å². The maximum Gasteiger partial charge on any atom is 0.337 e. The number of ether oxygens (including phenoxy) is 1. The van der Waals surface area contributed by atoms with Crippen molar-refractivity contribution < 1.29 is 14.3 Å². The number of esters is 1. The summed E-state index contributed by atoms with van der Waals surface area (Å²) in [5.74, 6) is -0.487. The first kappa shape index (κ1) is 17.7. The summed E-state index contributed by atoms with van der Waals surface area (Å²) in [7, 11) is 1.34. The minimum absolute atomic E-state index is 0.0710. The fourth-order valence-electron chi connectivity index (χ4n) is 2.43. The number of carbonyl (C=O) groups excluding carboxylic acids is 2. The number of nitrogens with one attached hydrogen (secondary N) is 1. The summed E-state index contributed by atoms with van der Waals surface area (Å²) in [6.07, 6.45) is 1.08. The molecule has 0 radical (unpaired) electrons. The molecular weight excluding hydrogens is 302 g/mol. The highest BCUT2D eigenvalue weighted by Crippen LogP contribution is 2.18. The van der Waals surface area contributed by atoms with Gasteiger partial charge in [0.25, 0.3) is 0 Å². The Morgan fingerprint density at radius 2 is 1.67 bits per heavy atom. The number of anilines is 1. The lowest BCUT2D eigenvalue weighted by molar-refractivity contribution is -0.116. The molecule has 0 aromatic heterocycles. The largest absolute Gasteiger partial charge is 0.465 e. The number of hydrogen-bond acceptors (Lipinski definition) is 3. The molecule has 0 heterocycles. The van der Waals surface area contributed by atoms with Crippen molar-refractivity contribution in [2.75, 3.05) is 12.4 Å². The van der Waals surface area contributed by atoms with Gasteiger partial charge in [0.15, 0.2) is 0 Å². The van der Waals surface area contributed by atoms with E-state index in [-0.39, 0.29) is 5.91 Å². The second-order valence-electron chi connectivity index (χ2n) is 5.99. The summed E-state index contributed by atoms with van der Waals surface area (Å²) in [6, 6.07) is 11.4. The molecule has 0 fully saturated rings. The molecule has 4 heteroatoms. The van der Waals surface area contributed by atoms with E-state index in [1.807, 2.05) is 6.92 Å². The van der Waals surface area contributed by atoms with Crippen molar-refractivity contribution in [2.45, 2.75) is 33.6 Å². The Bertz CT molecular complexity index is 765. The van der Waals surface area contributed by atoms with Gasteiger partial charge in [-0.05, 0) is 61.6 Å². The first-order chi connectivity index (χ1) is 11.4. The molecule has 0 aliphatic heterocycles. The van der Waals surface area contributed by atoms with Crippen molar-refractivity contribution in [1.29, 1.82) is 0 Å². The van der Waals surface area contributed by atoms with Gasteiger partial charge in [-0.1, -0.05) is 24.3 Å². The van der Waals surface area contributed by atoms with Crippen LogP contribution in [0.5, 0.6) is 0 Å². The molecule has 2 rings (SSSR count). The Hall–Kier alpha value is -2.62. The van der Waals surface area contributed by atoms with Gasteiger partial charge in [0, 0.05) is 12.1 Å². The van der Waals surface area contributed by atoms with Crippen LogP contribution in [0.2, 0.25) is 0 Å². The van der Waals surface area contributed by atoms with E-state index in [0.717, 1.165) is 11.1 Å². The van der Waals surface area contributed by atoms with Crippen molar-refractivity contribution in [3.8, 4) is 0 Å². The highest BCUT2D eigenvalue weighted by Gasteiger charge is 2.10. The number of hydrogen-bond donors (Lipinski definition) is 1. The van der Waals surface area contributed by atoms with Crippen LogP contribution in [0.15, 0.2) is 36.4 Å². The Labute approximate surface area is 142 Å². The lowest BCUT2D eigenvalue weighted by atomic mass is 10.0. The molecule has 0 spiro atoms. The molecule has 126 valence electrons. The van der Waals surface area contributed by atoms with Gasteiger partial charge in [-0.3, -0.25) is 4.79 Å². The predicted octanol–water partition coefficient (Wildman–Crippen LogP) is 3.97. The van der Waals surface area contributed by atoms with Crippen molar-refractivity contribution in [2.24, 2.45) is 0 Å². The predicted molar refractivity (Wildman–Crippen MR) is 95.4 cm³/mol. The fourth-order valence-corrected chi connectivity index (χ4v) is 2.43. The Kier molecular flexibility index (Phi) is 5.74. The molecule has 2 aromatic carbocycles. The summed E-state index contributed by atoms with van der Waals surface area (Å²) in [5, 5.41) is 2.88. The van der Waals surface area contributed by atoms with Crippen LogP contribution in [0.1, 0.15) is 39.0 Å². The molecule has 0 bridgehead atoms. The van der Waals surface area contributed by atoms with E-state index in [9.17, 15) is 9.59 Å². The Morgan fingerprint density at radius 1 is 0.958 bits per heavy atom. The zero-order chi connectivity index (χ0) is 17.7. The van der Waals surface area contributed by atoms with Crippen LogP contribution in [0.25, 0.3) is 0 Å². The van der Waals surface area contributed by atoms with Crippen molar-refractivity contribution in [3.05, 3.63) is 64.2 Å². The van der Waals surface area contributed by atoms with Crippen LogP contribution >= 0.6 is 0 Å². The van der Waals surface area contributed by atoms with E-state index in [4.69, 9.17) is 4.74 Å². The van der Waals surface area contributed by atoms with Gasteiger partial charge in [-0.25, -0.2) is 4.79 Å². The monoisotopic (exact) mass is 325 g/mol. The molecule has 1 amide bonds. The maximum atomic E-state index is 12.2. The van der Waals surface area contributed by atoms with E-state index in [1.165, 1.54) is 18.2 Å². The van der Waals surface area contributed by atoms with Crippen LogP contribution < -0.4 is 5.32 Å². The summed E-state index contributed by atoms with van der Waals surface area (Å²) in [5.41, 5.74) is 5.60. The lowest BCUT2D eigenvalue weighted by Gasteiger charge is -2.10. The van der Waals surface area contributed by atoms with Crippen LogP contribution in [-0.4, -0.2) is 19.0 Å². The summed E-state index contributed by atoms with van der Waals surface area (Å²) < 4.78 is 4.71. The van der Waals surface area contributed by atoms with Gasteiger partial charge in [0.05, 0.1) is 12.7 Å². The number of amides is 1. The zero-order valence-corrected chi connectivity index (χ0v) is 14.6. The quantitative estimate of drug-likeness (QED) is 0.846. The van der Waals surface area contributed by atoms with E-state index >= 15 is 0 Å². The van der Waals surface area contributed by atoms with Crippen LogP contribution in [-0.2, 0) is 16.0 Å². The highest BCUT2D eigenvalue weighted by atomic mass is 16.5. The van der Waals surface area contributed by atoms with Crippen LogP contribution in [0.4, 0.5) is 5.69 Å². The molecule has 0 saturated heterocycles. The van der Waals surface area contributed by atoms with Crippen LogP contribution in [0.3, 0.4) is 0 Å². The normalized spacial score (nSPS) is 10.3. The van der Waals surface area contributed by atoms with Crippen molar-refractivity contribution in [1.82, 2.24) is 0 Å². The minimum Gasteiger partial charge on any atom is -0.465 e. The molecule has 0 unspecified atom stereocenters. The Balaban J connectivity index is 2.01. The van der Waals surface area contributed by atoms with Gasteiger partial charge >= 0.3 is 5.97 Å². The summed E-state index contributed by atoms with van der Waals surface area (Å²) in [6.45, 7) is 6.03. The topological polar surface area (TPSA) is 55.4 Å². The number of benzene rings is 2. The third kappa shape index (κ3) is 4.44. The summed E-state index contributed by atoms with van der Waals surface area (Å²) in [4.78, 5) is 23.8. The average molecular weight is 325 g/mol. The fraction of sp³-hybridized carbons (Fsp3) is 0.300. The Morgan fingerprint density at radius 3 is 2.33 bits per heavy atom. The number of rotatable bonds is 5. The number of carbonyl (C=O) groups is 2. The van der Waals surface area contributed by atoms with Gasteiger partial charge in [0.1, 0.15) is 0 Å². The zero-order valence-electron chi connectivity index (χ0n) is 14.6. The third-order valence-corrected chi connectivity index (χ3v) is 4.14. The molecule has 0 aliphatic rings. The van der Waals surface area contributed by atoms with Gasteiger partial charge in [-0.15, -0.1) is 0 Å². The average Bonchev–Trinajstić information content (AvgIpc) is 2.57.